The van der Waals surface area contributed by atoms with Crippen molar-refractivity contribution >= 4 is 22.4 Å². The highest BCUT2D eigenvalue weighted by atomic mass is 16.4. The van der Waals surface area contributed by atoms with Crippen LogP contribution in [0.5, 0.6) is 0 Å². The summed E-state index contributed by atoms with van der Waals surface area (Å²) in [4.78, 5) is 26.5. The van der Waals surface area contributed by atoms with E-state index in [-0.39, 0.29) is 5.78 Å². The number of hydrazine groups is 1. The minimum atomic E-state index is -0.442. The van der Waals surface area contributed by atoms with Crippen LogP contribution >= 0.6 is 0 Å². The molecule has 0 unspecified atom stereocenters. The summed E-state index contributed by atoms with van der Waals surface area (Å²) in [6.45, 7) is 4.23. The summed E-state index contributed by atoms with van der Waals surface area (Å²) < 4.78 is 5.25. The summed E-state index contributed by atoms with van der Waals surface area (Å²) in [6, 6.07) is 18.8. The molecule has 0 bridgehead atoms. The number of nitrogens with zero attached hydrogens (tertiary/aromatic N) is 2. The van der Waals surface area contributed by atoms with E-state index in [1.165, 1.54) is 11.8 Å². The molecule has 1 aliphatic heterocycles. The van der Waals surface area contributed by atoms with E-state index in [0.29, 0.717) is 24.1 Å². The van der Waals surface area contributed by atoms with Gasteiger partial charge in [0.1, 0.15) is 5.58 Å². The second kappa shape index (κ2) is 8.37. The van der Waals surface area contributed by atoms with Crippen molar-refractivity contribution in [3.05, 3.63) is 76.6 Å². The van der Waals surface area contributed by atoms with Crippen LogP contribution in [-0.4, -0.2) is 43.5 Å². The Labute approximate surface area is 163 Å². The van der Waals surface area contributed by atoms with E-state index in [0.717, 1.165) is 31.6 Å². The van der Waals surface area contributed by atoms with Crippen LogP contribution in [0, 0.1) is 0 Å². The molecule has 0 amide bonds. The molecule has 0 radical (unpaired) electrons. The molecule has 0 saturated carbocycles. The third-order valence-electron chi connectivity index (χ3n) is 5.04. The zero-order valence-electron chi connectivity index (χ0n) is 15.6. The molecule has 28 heavy (non-hydrogen) atoms. The second-order valence-electron chi connectivity index (χ2n) is 6.87. The Hall–Kier alpha value is -2.96. The Balaban J connectivity index is 1.30. The van der Waals surface area contributed by atoms with Gasteiger partial charge in [-0.1, -0.05) is 30.3 Å². The molecule has 1 aliphatic rings. The van der Waals surface area contributed by atoms with E-state index in [1.807, 2.05) is 18.2 Å². The highest BCUT2D eigenvalue weighted by Gasteiger charge is 2.17. The maximum atomic E-state index is 12.6. The number of Topliss-reactive ketones (excluding diaryl/α,β-unsaturated/α-hetero) is 1. The van der Waals surface area contributed by atoms with Crippen LogP contribution in [0.15, 0.2) is 69.9 Å². The zero-order valence-corrected chi connectivity index (χ0v) is 15.6. The predicted octanol–water partition coefficient (Wildman–Crippen LogP) is 2.69. The number of ketones is 1. The van der Waals surface area contributed by atoms with Crippen LogP contribution < -0.4 is 16.0 Å². The minimum Gasteiger partial charge on any atom is -0.422 e. The first kappa shape index (κ1) is 18.4. The molecule has 1 aromatic heterocycles. The van der Waals surface area contributed by atoms with Gasteiger partial charge in [-0.3, -0.25) is 10.2 Å². The van der Waals surface area contributed by atoms with Crippen LogP contribution in [-0.2, 0) is 0 Å². The lowest BCUT2D eigenvalue weighted by molar-refractivity contribution is 0.0965. The molecule has 2 aromatic carbocycles. The van der Waals surface area contributed by atoms with Crippen molar-refractivity contribution in [1.82, 2.24) is 10.4 Å². The fourth-order valence-electron chi connectivity index (χ4n) is 3.54. The number of carbonyl (C=O) groups excluding carboxylic acids is 1. The van der Waals surface area contributed by atoms with Crippen molar-refractivity contribution in [2.75, 3.05) is 37.6 Å². The number of anilines is 1. The normalized spacial score (nSPS) is 15.1. The predicted molar refractivity (Wildman–Crippen MR) is 110 cm³/mol. The molecule has 4 rings (SSSR count). The number of para-hydroxylation sites is 2. The Morgan fingerprint density at radius 1 is 0.929 bits per heavy atom. The van der Waals surface area contributed by atoms with Gasteiger partial charge in [-0.05, 0) is 24.3 Å². The molecule has 0 aliphatic carbocycles. The van der Waals surface area contributed by atoms with Crippen molar-refractivity contribution in [3.63, 3.8) is 0 Å². The van der Waals surface area contributed by atoms with E-state index in [2.05, 4.69) is 39.6 Å². The number of hydrogen-bond donors (Lipinski definition) is 1. The van der Waals surface area contributed by atoms with Gasteiger partial charge in [-0.25, -0.2) is 9.80 Å². The molecule has 3 aromatic rings. The molecule has 1 N–H and O–H groups in total. The number of piperazine rings is 1. The van der Waals surface area contributed by atoms with E-state index < -0.39 is 5.63 Å². The Morgan fingerprint density at radius 2 is 1.71 bits per heavy atom. The van der Waals surface area contributed by atoms with Gasteiger partial charge < -0.3 is 9.32 Å². The van der Waals surface area contributed by atoms with Crippen LogP contribution in [0.2, 0.25) is 0 Å². The van der Waals surface area contributed by atoms with Gasteiger partial charge in [0.05, 0.1) is 5.56 Å². The first-order valence-corrected chi connectivity index (χ1v) is 9.55. The maximum absolute atomic E-state index is 12.6. The van der Waals surface area contributed by atoms with E-state index in [4.69, 9.17) is 4.42 Å². The lowest BCUT2D eigenvalue weighted by atomic mass is 10.1. The summed E-state index contributed by atoms with van der Waals surface area (Å²) in [5.41, 5.74) is 4.99. The first-order valence-electron chi connectivity index (χ1n) is 9.55. The number of hydrogen-bond acceptors (Lipinski definition) is 6. The summed E-state index contributed by atoms with van der Waals surface area (Å²) in [6.07, 6.45) is 0.344. The fourth-order valence-corrected chi connectivity index (χ4v) is 3.54. The monoisotopic (exact) mass is 377 g/mol. The fraction of sp³-hybridized carbons (Fsp3) is 0.273. The highest BCUT2D eigenvalue weighted by molar-refractivity contribution is 6.05. The number of rotatable bonds is 6. The molecule has 6 nitrogen and oxygen atoms in total. The minimum absolute atomic E-state index is 0.0321. The average Bonchev–Trinajstić information content (AvgIpc) is 2.74. The Morgan fingerprint density at radius 3 is 2.50 bits per heavy atom. The topological polar surface area (TPSA) is 65.8 Å². The molecule has 0 spiro atoms. The lowest BCUT2D eigenvalue weighted by Crippen LogP contribution is -2.52. The SMILES string of the molecule is O=C(CCNN1CCN(c2ccccc2)CC1)c1cccc2ccc(=O)oc12. The van der Waals surface area contributed by atoms with Gasteiger partial charge in [0.15, 0.2) is 5.78 Å². The first-order chi connectivity index (χ1) is 13.7. The Kier molecular flexibility index (Phi) is 5.50. The standard InChI is InChI=1S/C22H23N3O3/c26-20(19-8-4-5-17-9-10-21(27)28-22(17)19)11-12-23-25-15-13-24(14-16-25)18-6-2-1-3-7-18/h1-10,23H,11-16H2. The van der Waals surface area contributed by atoms with E-state index in [1.54, 1.807) is 12.1 Å². The lowest BCUT2D eigenvalue weighted by Gasteiger charge is -2.36. The molecule has 1 saturated heterocycles. The molecule has 144 valence electrons. The van der Waals surface area contributed by atoms with Crippen LogP contribution in [0.1, 0.15) is 16.8 Å². The number of carbonyl (C=O) groups is 1. The third-order valence-corrected chi connectivity index (χ3v) is 5.04. The second-order valence-corrected chi connectivity index (χ2v) is 6.87. The summed E-state index contributed by atoms with van der Waals surface area (Å²) in [5, 5.41) is 2.92. The van der Waals surface area contributed by atoms with Gasteiger partial charge in [0.2, 0.25) is 0 Å². The molecular formula is C22H23N3O3. The molecular weight excluding hydrogens is 354 g/mol. The molecule has 0 atom stereocenters. The molecule has 2 heterocycles. The highest BCUT2D eigenvalue weighted by Crippen LogP contribution is 2.18. The molecule has 1 fully saturated rings. The van der Waals surface area contributed by atoms with Crippen molar-refractivity contribution in [2.24, 2.45) is 0 Å². The van der Waals surface area contributed by atoms with E-state index >= 15 is 0 Å². The largest absolute Gasteiger partial charge is 0.422 e. The van der Waals surface area contributed by atoms with Crippen LogP contribution in [0.25, 0.3) is 11.0 Å². The van der Waals surface area contributed by atoms with Crippen molar-refractivity contribution in [2.45, 2.75) is 6.42 Å². The van der Waals surface area contributed by atoms with Crippen LogP contribution in [0.3, 0.4) is 0 Å². The number of fused-ring (bicyclic) bond motifs is 1. The Bertz CT molecular complexity index is 1010. The number of benzene rings is 2. The van der Waals surface area contributed by atoms with Gasteiger partial charge in [0.25, 0.3) is 0 Å². The third kappa shape index (κ3) is 4.13. The summed E-state index contributed by atoms with van der Waals surface area (Å²) in [7, 11) is 0. The van der Waals surface area contributed by atoms with Crippen LogP contribution in [0.4, 0.5) is 5.69 Å². The van der Waals surface area contributed by atoms with Crippen molar-refractivity contribution in [1.29, 1.82) is 0 Å². The quantitative estimate of drug-likeness (QED) is 0.526. The summed E-state index contributed by atoms with van der Waals surface area (Å²) >= 11 is 0. The molecule has 6 heteroatoms. The van der Waals surface area contributed by atoms with Crippen molar-refractivity contribution < 1.29 is 9.21 Å². The zero-order chi connectivity index (χ0) is 19.3. The number of nitrogens with one attached hydrogen (secondary N) is 1. The average molecular weight is 377 g/mol. The van der Waals surface area contributed by atoms with Gasteiger partial charge in [-0.15, -0.1) is 0 Å². The van der Waals surface area contributed by atoms with Gasteiger partial charge in [0, 0.05) is 56.3 Å². The smallest absolute Gasteiger partial charge is 0.336 e. The summed E-state index contributed by atoms with van der Waals surface area (Å²) in [5.74, 6) is -0.0321. The maximum Gasteiger partial charge on any atom is 0.336 e. The van der Waals surface area contributed by atoms with Gasteiger partial charge in [-0.2, -0.15) is 0 Å². The van der Waals surface area contributed by atoms with Crippen molar-refractivity contribution in [3.8, 4) is 0 Å². The van der Waals surface area contributed by atoms with Gasteiger partial charge >= 0.3 is 5.63 Å². The van der Waals surface area contributed by atoms with E-state index in [9.17, 15) is 9.59 Å².